The highest BCUT2D eigenvalue weighted by Crippen LogP contribution is 2.40. The molecule has 5 aromatic rings. The monoisotopic (exact) mass is 414 g/mol. The molecule has 5 nitrogen and oxygen atoms in total. The number of aromatic nitrogens is 3. The van der Waals surface area contributed by atoms with E-state index < -0.39 is 0 Å². The van der Waals surface area contributed by atoms with Gasteiger partial charge in [0.2, 0.25) is 0 Å². The first-order chi connectivity index (χ1) is 15.2. The molecule has 1 saturated heterocycles. The van der Waals surface area contributed by atoms with E-state index in [2.05, 4.69) is 45.5 Å². The summed E-state index contributed by atoms with van der Waals surface area (Å²) in [6, 6.07) is 11.6. The quantitative estimate of drug-likeness (QED) is 0.421. The molecule has 0 amide bonds. The van der Waals surface area contributed by atoms with E-state index in [0.29, 0.717) is 0 Å². The molecule has 0 aliphatic carbocycles. The van der Waals surface area contributed by atoms with Crippen LogP contribution in [0.2, 0.25) is 0 Å². The van der Waals surface area contributed by atoms with Crippen LogP contribution in [-0.4, -0.2) is 40.8 Å². The van der Waals surface area contributed by atoms with Crippen LogP contribution in [0.15, 0.2) is 61.2 Å². The van der Waals surface area contributed by atoms with E-state index in [1.165, 1.54) is 17.1 Å². The number of morpholine rings is 1. The van der Waals surface area contributed by atoms with Gasteiger partial charge in [-0.3, -0.25) is 0 Å². The summed E-state index contributed by atoms with van der Waals surface area (Å²) in [6.45, 7) is 3.39. The molecule has 0 spiro atoms. The van der Waals surface area contributed by atoms with Gasteiger partial charge in [-0.1, -0.05) is 6.07 Å². The van der Waals surface area contributed by atoms with Crippen molar-refractivity contribution in [3.8, 4) is 22.3 Å². The third-order valence-electron chi connectivity index (χ3n) is 6.32. The molecule has 4 heterocycles. The van der Waals surface area contributed by atoms with E-state index >= 15 is 0 Å². The number of benzene rings is 2. The van der Waals surface area contributed by atoms with Crippen LogP contribution in [0.25, 0.3) is 44.1 Å². The fourth-order valence-electron chi connectivity index (χ4n) is 4.74. The lowest BCUT2D eigenvalue weighted by molar-refractivity contribution is 0.122. The average molecular weight is 414 g/mol. The number of hydrogen-bond acceptors (Lipinski definition) is 2. The summed E-state index contributed by atoms with van der Waals surface area (Å²) in [4.78, 5) is 9.10. The molecule has 0 unspecified atom stereocenters. The van der Waals surface area contributed by atoms with Crippen LogP contribution in [0.4, 0.5) is 10.1 Å². The number of ether oxygens (including phenoxy) is 1. The van der Waals surface area contributed by atoms with Crippen LogP contribution in [0.1, 0.15) is 0 Å². The average Bonchev–Trinajstić information content (AvgIpc) is 3.51. The molecule has 156 valence electrons. The number of H-pyrrole nitrogens is 2. The molecule has 2 aromatic carbocycles. The highest BCUT2D eigenvalue weighted by Gasteiger charge is 2.18. The predicted molar refractivity (Wildman–Crippen MR) is 123 cm³/mol. The van der Waals surface area contributed by atoms with E-state index in [0.717, 1.165) is 65.0 Å². The third kappa shape index (κ3) is 2.94. The largest absolute Gasteiger partial charge is 0.378 e. The molecule has 31 heavy (non-hydrogen) atoms. The predicted octanol–water partition coefficient (Wildman–Crippen LogP) is 5.30. The van der Waals surface area contributed by atoms with Gasteiger partial charge in [0.1, 0.15) is 5.82 Å². The van der Waals surface area contributed by atoms with E-state index in [1.807, 2.05) is 30.1 Å². The number of nitrogens with one attached hydrogen (secondary N) is 2. The fourth-order valence-corrected chi connectivity index (χ4v) is 4.74. The number of aryl methyl sites for hydroxylation is 1. The third-order valence-corrected chi connectivity index (χ3v) is 6.32. The van der Waals surface area contributed by atoms with E-state index in [4.69, 9.17) is 4.74 Å². The molecule has 0 saturated carbocycles. The second-order valence-corrected chi connectivity index (χ2v) is 8.13. The Bertz CT molecular complexity index is 1400. The van der Waals surface area contributed by atoms with E-state index in [-0.39, 0.29) is 5.82 Å². The van der Waals surface area contributed by atoms with Crippen molar-refractivity contribution in [3.63, 3.8) is 0 Å². The lowest BCUT2D eigenvalue weighted by Crippen LogP contribution is -2.36. The highest BCUT2D eigenvalue weighted by molar-refractivity contribution is 6.05. The molecule has 0 atom stereocenters. The van der Waals surface area contributed by atoms with Crippen molar-refractivity contribution < 1.29 is 9.13 Å². The molecule has 2 N–H and O–H groups in total. The number of hydrogen-bond donors (Lipinski definition) is 2. The van der Waals surface area contributed by atoms with Gasteiger partial charge >= 0.3 is 0 Å². The lowest BCUT2D eigenvalue weighted by Gasteiger charge is -2.28. The van der Waals surface area contributed by atoms with Gasteiger partial charge in [0.25, 0.3) is 0 Å². The highest BCUT2D eigenvalue weighted by atomic mass is 19.1. The van der Waals surface area contributed by atoms with Crippen molar-refractivity contribution in [2.75, 3.05) is 31.2 Å². The molecular weight excluding hydrogens is 391 g/mol. The van der Waals surface area contributed by atoms with Crippen LogP contribution in [-0.2, 0) is 11.8 Å². The van der Waals surface area contributed by atoms with Crippen molar-refractivity contribution in [1.82, 2.24) is 14.5 Å². The maximum absolute atomic E-state index is 13.8. The Hall–Kier alpha value is -3.51. The minimum Gasteiger partial charge on any atom is -0.378 e. The molecule has 0 radical (unpaired) electrons. The summed E-state index contributed by atoms with van der Waals surface area (Å²) in [5.74, 6) is -0.220. The second-order valence-electron chi connectivity index (χ2n) is 8.13. The number of rotatable bonds is 3. The summed E-state index contributed by atoms with van der Waals surface area (Å²) in [6.07, 6.45) is 8.21. The summed E-state index contributed by atoms with van der Waals surface area (Å²) in [7, 11) is 1.95. The van der Waals surface area contributed by atoms with Gasteiger partial charge in [-0.2, -0.15) is 0 Å². The van der Waals surface area contributed by atoms with E-state index in [1.54, 1.807) is 6.07 Å². The van der Waals surface area contributed by atoms with Crippen LogP contribution < -0.4 is 4.90 Å². The SMILES string of the molecule is Cn1cc(-c2c[nH]cc2-c2c[nH]c3cc(N4CCOCC4)ccc23)c2ccc(F)cc21. The Kier molecular flexibility index (Phi) is 4.14. The fraction of sp³-hybridized carbons (Fsp3) is 0.200. The molecule has 3 aromatic heterocycles. The van der Waals surface area contributed by atoms with Gasteiger partial charge in [-0.25, -0.2) is 4.39 Å². The number of nitrogens with zero attached hydrogens (tertiary/aromatic N) is 2. The van der Waals surface area contributed by atoms with Crippen LogP contribution >= 0.6 is 0 Å². The minimum absolute atomic E-state index is 0.220. The first-order valence-corrected chi connectivity index (χ1v) is 10.5. The molecule has 1 aliphatic heterocycles. The minimum atomic E-state index is -0.220. The first kappa shape index (κ1) is 18.3. The van der Waals surface area contributed by atoms with Gasteiger partial charge in [-0.05, 0) is 30.3 Å². The normalized spacial score (nSPS) is 14.7. The maximum atomic E-state index is 13.8. The standard InChI is InChI=1S/C25H23FN4O/c1-29-15-23(19-4-2-16(26)10-25(19)29)21-13-27-12-20(21)22-14-28-24-11-17(3-5-18(22)24)30-6-8-31-9-7-30/h2-5,10-15,27-28H,6-9H2,1H3. The Morgan fingerprint density at radius 2 is 1.65 bits per heavy atom. The van der Waals surface area contributed by atoms with Gasteiger partial charge < -0.3 is 24.2 Å². The van der Waals surface area contributed by atoms with Crippen LogP contribution in [0, 0.1) is 5.82 Å². The molecular formula is C25H23FN4O. The zero-order valence-corrected chi connectivity index (χ0v) is 17.3. The van der Waals surface area contributed by atoms with Gasteiger partial charge in [0.05, 0.1) is 18.7 Å². The molecule has 6 heteroatoms. The lowest BCUT2D eigenvalue weighted by atomic mass is 9.98. The van der Waals surface area contributed by atoms with Crippen LogP contribution in [0.5, 0.6) is 0 Å². The number of aromatic amines is 2. The molecule has 1 aliphatic rings. The van der Waals surface area contributed by atoms with Crippen LogP contribution in [0.3, 0.4) is 0 Å². The first-order valence-electron chi connectivity index (χ1n) is 10.5. The topological polar surface area (TPSA) is 49.0 Å². The zero-order valence-electron chi connectivity index (χ0n) is 17.3. The summed E-state index contributed by atoms with van der Waals surface area (Å²) in [5, 5.41) is 2.23. The van der Waals surface area contributed by atoms with Crippen molar-refractivity contribution >= 4 is 27.5 Å². The Morgan fingerprint density at radius 3 is 2.48 bits per heavy atom. The van der Waals surface area contributed by atoms with E-state index in [9.17, 15) is 4.39 Å². The summed E-state index contributed by atoms with van der Waals surface area (Å²) in [5.41, 5.74) is 7.70. The summed E-state index contributed by atoms with van der Waals surface area (Å²) < 4.78 is 21.2. The smallest absolute Gasteiger partial charge is 0.125 e. The summed E-state index contributed by atoms with van der Waals surface area (Å²) >= 11 is 0. The van der Waals surface area contributed by atoms with Gasteiger partial charge in [-0.15, -0.1) is 0 Å². The second kappa shape index (κ2) is 7.03. The Balaban J connectivity index is 1.45. The Labute approximate surface area is 179 Å². The molecule has 0 bridgehead atoms. The molecule has 1 fully saturated rings. The van der Waals surface area contributed by atoms with Crippen molar-refractivity contribution in [1.29, 1.82) is 0 Å². The van der Waals surface area contributed by atoms with Gasteiger partial charge in [0.15, 0.2) is 0 Å². The number of halogens is 1. The van der Waals surface area contributed by atoms with Crippen molar-refractivity contribution in [2.45, 2.75) is 0 Å². The molecule has 6 rings (SSSR count). The maximum Gasteiger partial charge on any atom is 0.125 e. The number of fused-ring (bicyclic) bond motifs is 2. The van der Waals surface area contributed by atoms with Crippen molar-refractivity contribution in [3.05, 3.63) is 67.0 Å². The van der Waals surface area contributed by atoms with Gasteiger partial charge in [0, 0.05) is 89.2 Å². The zero-order chi connectivity index (χ0) is 20.9. The van der Waals surface area contributed by atoms with Crippen molar-refractivity contribution in [2.24, 2.45) is 7.05 Å². The number of anilines is 1. The Morgan fingerprint density at radius 1 is 0.871 bits per heavy atom.